The lowest BCUT2D eigenvalue weighted by Crippen LogP contribution is -2.51. The first-order valence-electron chi connectivity index (χ1n) is 14.8. The van der Waals surface area contributed by atoms with Crippen molar-refractivity contribution in [1.29, 1.82) is 0 Å². The average molecular weight is 572 g/mol. The van der Waals surface area contributed by atoms with Gasteiger partial charge in [0, 0.05) is 32.3 Å². The zero-order valence-electron chi connectivity index (χ0n) is 23.5. The van der Waals surface area contributed by atoms with Gasteiger partial charge in [0.25, 0.3) is 0 Å². The predicted molar refractivity (Wildman–Crippen MR) is 168 cm³/mol. The third kappa shape index (κ3) is 7.72. The number of likely N-dealkylation sites (tertiary alicyclic amines) is 2. The van der Waals surface area contributed by atoms with Gasteiger partial charge in [0.05, 0.1) is 26.2 Å². The number of nitrogens with zero attached hydrogens (tertiary/aromatic N) is 2. The van der Waals surface area contributed by atoms with Crippen molar-refractivity contribution in [2.24, 2.45) is 0 Å². The molecule has 2 aliphatic heterocycles. The Morgan fingerprint density at radius 1 is 0.500 bits per heavy atom. The highest BCUT2D eigenvalue weighted by Gasteiger charge is 2.31. The minimum Gasteiger partial charge on any atom is -0.310 e. The second-order valence-electron chi connectivity index (χ2n) is 11.7. The molecule has 2 nitrogen and oxygen atoms in total. The molecular weight excluding hydrogens is 531 g/mol. The summed E-state index contributed by atoms with van der Waals surface area (Å²) in [7, 11) is 0. The Balaban J connectivity index is 1.23. The quantitative estimate of drug-likeness (QED) is 0.207. The highest BCUT2D eigenvalue weighted by atomic mass is 35.5. The molecule has 206 valence electrons. The van der Waals surface area contributed by atoms with Gasteiger partial charge >= 0.3 is 0 Å². The first-order valence-corrected chi connectivity index (χ1v) is 15.6. The molecular formula is C36H40Cl2N2+2. The summed E-state index contributed by atoms with van der Waals surface area (Å²) in [6, 6.07) is 25.0. The van der Waals surface area contributed by atoms with Gasteiger partial charge in [-0.3, -0.25) is 0 Å². The fraction of sp³-hybridized carbons (Fsp3) is 0.389. The van der Waals surface area contributed by atoms with Crippen molar-refractivity contribution in [2.75, 3.05) is 39.3 Å². The molecule has 0 spiro atoms. The standard InChI is InChI=1S/C36H40Cl2N2/c37-35-17-5-3-15-33(35)29-39(23-7-1-8-24-39)27-11-13-31-19-21-32(22-20-31)14-12-28-40(25-9-2-10-26-40)30-34-16-4-6-18-36(34)38/h3-6,15-22H,1-2,7-10,23-30H2/q+2. The molecule has 0 atom stereocenters. The van der Waals surface area contributed by atoms with E-state index in [1.54, 1.807) is 0 Å². The number of hydrogen-bond donors (Lipinski definition) is 0. The van der Waals surface area contributed by atoms with Crippen LogP contribution >= 0.6 is 23.2 Å². The van der Waals surface area contributed by atoms with Crippen LogP contribution in [0.5, 0.6) is 0 Å². The molecule has 0 bridgehead atoms. The van der Waals surface area contributed by atoms with Crippen LogP contribution in [0.25, 0.3) is 0 Å². The third-order valence-electron chi connectivity index (χ3n) is 8.64. The summed E-state index contributed by atoms with van der Waals surface area (Å²) in [6.07, 6.45) is 7.68. The molecule has 0 saturated carbocycles. The molecule has 3 aromatic carbocycles. The fourth-order valence-electron chi connectivity index (χ4n) is 6.34. The van der Waals surface area contributed by atoms with Gasteiger partial charge in [-0.25, -0.2) is 0 Å². The molecule has 0 unspecified atom stereocenters. The van der Waals surface area contributed by atoms with E-state index in [1.165, 1.54) is 75.8 Å². The molecule has 40 heavy (non-hydrogen) atoms. The molecule has 0 aromatic heterocycles. The first-order chi connectivity index (χ1) is 19.5. The molecule has 3 aromatic rings. The lowest BCUT2D eigenvalue weighted by Gasteiger charge is -2.40. The minimum absolute atomic E-state index is 0.859. The van der Waals surface area contributed by atoms with Crippen molar-refractivity contribution in [2.45, 2.75) is 51.6 Å². The van der Waals surface area contributed by atoms with Gasteiger partial charge in [0.1, 0.15) is 26.2 Å². The van der Waals surface area contributed by atoms with Crippen LogP contribution in [0.2, 0.25) is 10.0 Å². The van der Waals surface area contributed by atoms with Crippen molar-refractivity contribution in [1.82, 2.24) is 0 Å². The number of halogens is 2. The van der Waals surface area contributed by atoms with Crippen LogP contribution in [0.1, 0.15) is 60.8 Å². The van der Waals surface area contributed by atoms with E-state index >= 15 is 0 Å². The molecule has 0 aliphatic carbocycles. The largest absolute Gasteiger partial charge is 0.310 e. The van der Waals surface area contributed by atoms with E-state index in [2.05, 4.69) is 72.2 Å². The number of benzene rings is 3. The number of rotatable bonds is 6. The van der Waals surface area contributed by atoms with Gasteiger partial charge in [-0.05, 0) is 86.8 Å². The average Bonchev–Trinajstić information content (AvgIpc) is 2.97. The summed E-state index contributed by atoms with van der Waals surface area (Å²) in [5.41, 5.74) is 4.57. The summed E-state index contributed by atoms with van der Waals surface area (Å²) in [5, 5.41) is 1.74. The van der Waals surface area contributed by atoms with E-state index in [1.807, 2.05) is 24.3 Å². The summed E-state index contributed by atoms with van der Waals surface area (Å²) in [4.78, 5) is 0. The molecule has 2 aliphatic rings. The molecule has 0 N–H and O–H groups in total. The SMILES string of the molecule is Clc1ccccc1C[N+]1(CC#Cc2ccc(C#CC[N+]3(Cc4ccccc4Cl)CCCCC3)cc2)CCCCC1. The summed E-state index contributed by atoms with van der Waals surface area (Å²) in [6.45, 7) is 8.32. The number of piperidine rings is 2. The number of hydrogen-bond acceptors (Lipinski definition) is 0. The first kappa shape index (κ1) is 28.8. The Bertz CT molecular complexity index is 1280. The lowest BCUT2D eigenvalue weighted by atomic mass is 10.0. The Kier molecular flexibility index (Phi) is 9.91. The zero-order chi connectivity index (χ0) is 27.7. The van der Waals surface area contributed by atoms with Crippen LogP contribution in [0.4, 0.5) is 0 Å². The minimum atomic E-state index is 0.859. The normalized spacial score (nSPS) is 17.6. The Labute approximate surface area is 251 Å². The van der Waals surface area contributed by atoms with Gasteiger partial charge in [-0.1, -0.05) is 71.4 Å². The van der Waals surface area contributed by atoms with Gasteiger partial charge in [-0.2, -0.15) is 0 Å². The van der Waals surface area contributed by atoms with Crippen LogP contribution < -0.4 is 0 Å². The van der Waals surface area contributed by atoms with E-state index in [9.17, 15) is 0 Å². The zero-order valence-corrected chi connectivity index (χ0v) is 25.0. The second-order valence-corrected chi connectivity index (χ2v) is 12.5. The van der Waals surface area contributed by atoms with E-state index in [4.69, 9.17) is 23.2 Å². The van der Waals surface area contributed by atoms with E-state index < -0.39 is 0 Å². The van der Waals surface area contributed by atoms with Gasteiger partial charge in [-0.15, -0.1) is 0 Å². The van der Waals surface area contributed by atoms with Crippen molar-refractivity contribution >= 4 is 23.2 Å². The Morgan fingerprint density at radius 2 is 0.875 bits per heavy atom. The molecule has 2 saturated heterocycles. The van der Waals surface area contributed by atoms with Crippen LogP contribution in [0.15, 0.2) is 72.8 Å². The molecule has 5 rings (SSSR count). The van der Waals surface area contributed by atoms with Crippen LogP contribution in [-0.2, 0) is 13.1 Å². The smallest absolute Gasteiger partial charge is 0.141 e. The topological polar surface area (TPSA) is 0 Å². The fourth-order valence-corrected chi connectivity index (χ4v) is 6.73. The number of quaternary nitrogens is 2. The lowest BCUT2D eigenvalue weighted by molar-refractivity contribution is -0.938. The van der Waals surface area contributed by atoms with Crippen molar-refractivity contribution in [3.8, 4) is 23.7 Å². The highest BCUT2D eigenvalue weighted by molar-refractivity contribution is 6.31. The van der Waals surface area contributed by atoms with E-state index in [0.29, 0.717) is 0 Å². The van der Waals surface area contributed by atoms with E-state index in [0.717, 1.165) is 56.3 Å². The summed E-state index contributed by atoms with van der Waals surface area (Å²) < 4.78 is 2.02. The highest BCUT2D eigenvalue weighted by Crippen LogP contribution is 2.27. The maximum Gasteiger partial charge on any atom is 0.141 e. The van der Waals surface area contributed by atoms with Gasteiger partial charge < -0.3 is 8.97 Å². The van der Waals surface area contributed by atoms with Crippen LogP contribution in [-0.4, -0.2) is 48.2 Å². The summed E-state index contributed by atoms with van der Waals surface area (Å²) >= 11 is 13.0. The monoisotopic (exact) mass is 570 g/mol. The van der Waals surface area contributed by atoms with Crippen LogP contribution in [0, 0.1) is 23.7 Å². The maximum atomic E-state index is 6.52. The second kappa shape index (κ2) is 13.8. The van der Waals surface area contributed by atoms with E-state index in [-0.39, 0.29) is 0 Å². The Morgan fingerprint density at radius 3 is 1.25 bits per heavy atom. The Hall–Kier alpha value is -2.72. The van der Waals surface area contributed by atoms with Crippen LogP contribution in [0.3, 0.4) is 0 Å². The summed E-state index contributed by atoms with van der Waals surface area (Å²) in [5.74, 6) is 13.9. The molecule has 2 fully saturated rings. The predicted octanol–water partition coefficient (Wildman–Crippen LogP) is 8.10. The van der Waals surface area contributed by atoms with Crippen molar-refractivity contribution < 1.29 is 8.97 Å². The maximum absolute atomic E-state index is 6.52. The van der Waals surface area contributed by atoms with Crippen molar-refractivity contribution in [3.05, 3.63) is 105 Å². The molecule has 4 heteroatoms. The molecule has 0 radical (unpaired) electrons. The molecule has 0 amide bonds. The van der Waals surface area contributed by atoms with Crippen molar-refractivity contribution in [3.63, 3.8) is 0 Å². The molecule has 2 heterocycles. The third-order valence-corrected chi connectivity index (χ3v) is 9.37. The van der Waals surface area contributed by atoms with Gasteiger partial charge in [0.2, 0.25) is 0 Å². The van der Waals surface area contributed by atoms with Gasteiger partial charge in [0.15, 0.2) is 0 Å².